The van der Waals surface area contributed by atoms with Crippen LogP contribution in [0.2, 0.25) is 0 Å². The van der Waals surface area contributed by atoms with Crippen molar-refractivity contribution in [3.63, 3.8) is 0 Å². The molecule has 1 N–H and O–H groups in total. The van der Waals surface area contributed by atoms with Gasteiger partial charge in [-0.2, -0.15) is 0 Å². The average Bonchev–Trinajstić information content (AvgIpc) is 2.52. The normalized spacial score (nSPS) is 14.0. The van der Waals surface area contributed by atoms with Gasteiger partial charge >= 0.3 is 0 Å². The lowest BCUT2D eigenvalue weighted by Crippen LogP contribution is -2.23. The SMILES string of the molecule is CCCCCCCCCCC(C)C(NC)c1ccccc1. The first kappa shape index (κ1) is 18.2. The predicted octanol–water partition coefficient (Wildman–Crippen LogP) is 6.11. The maximum Gasteiger partial charge on any atom is 0.0343 e. The van der Waals surface area contributed by atoms with E-state index in [0.29, 0.717) is 12.0 Å². The Hall–Kier alpha value is -0.820. The summed E-state index contributed by atoms with van der Waals surface area (Å²) in [7, 11) is 2.09. The molecule has 1 aromatic carbocycles. The first-order valence-corrected chi connectivity index (χ1v) is 9.01. The molecule has 0 amide bonds. The number of nitrogens with one attached hydrogen (secondary N) is 1. The van der Waals surface area contributed by atoms with Crippen LogP contribution < -0.4 is 5.32 Å². The molecule has 0 heterocycles. The van der Waals surface area contributed by atoms with Gasteiger partial charge in [-0.05, 0) is 24.9 Å². The third kappa shape index (κ3) is 7.66. The number of hydrogen-bond donors (Lipinski definition) is 1. The molecular weight excluding hydrogens is 254 g/mol. The highest BCUT2D eigenvalue weighted by molar-refractivity contribution is 5.19. The standard InChI is InChI=1S/C20H35N/c1-4-5-6-7-8-9-10-12-15-18(2)20(21-3)19-16-13-11-14-17-19/h11,13-14,16-18,20-21H,4-10,12,15H2,1-3H3. The molecule has 0 saturated carbocycles. The zero-order valence-electron chi connectivity index (χ0n) is 14.4. The van der Waals surface area contributed by atoms with Gasteiger partial charge in [-0.25, -0.2) is 0 Å². The third-order valence-electron chi connectivity index (χ3n) is 4.55. The molecule has 2 atom stereocenters. The molecule has 1 rings (SSSR count). The molecule has 0 aromatic heterocycles. The van der Waals surface area contributed by atoms with Crippen molar-refractivity contribution in [2.75, 3.05) is 7.05 Å². The third-order valence-corrected chi connectivity index (χ3v) is 4.55. The summed E-state index contributed by atoms with van der Waals surface area (Å²) in [4.78, 5) is 0. The van der Waals surface area contributed by atoms with Crippen molar-refractivity contribution in [2.45, 2.75) is 77.7 Å². The second-order valence-electron chi connectivity index (χ2n) is 6.42. The van der Waals surface area contributed by atoms with E-state index in [4.69, 9.17) is 0 Å². The van der Waals surface area contributed by atoms with Crippen molar-refractivity contribution in [2.24, 2.45) is 5.92 Å². The fraction of sp³-hybridized carbons (Fsp3) is 0.700. The zero-order chi connectivity index (χ0) is 15.3. The first-order chi connectivity index (χ1) is 10.3. The van der Waals surface area contributed by atoms with E-state index in [2.05, 4.69) is 56.5 Å². The van der Waals surface area contributed by atoms with Crippen molar-refractivity contribution in [1.29, 1.82) is 0 Å². The number of unbranched alkanes of at least 4 members (excludes halogenated alkanes) is 7. The highest BCUT2D eigenvalue weighted by Crippen LogP contribution is 2.26. The molecule has 0 aliphatic heterocycles. The van der Waals surface area contributed by atoms with Crippen LogP contribution in [-0.2, 0) is 0 Å². The molecule has 1 heteroatoms. The van der Waals surface area contributed by atoms with Gasteiger partial charge in [0.15, 0.2) is 0 Å². The van der Waals surface area contributed by atoms with E-state index >= 15 is 0 Å². The van der Waals surface area contributed by atoms with E-state index < -0.39 is 0 Å². The van der Waals surface area contributed by atoms with Gasteiger partial charge in [0.25, 0.3) is 0 Å². The topological polar surface area (TPSA) is 12.0 Å². The van der Waals surface area contributed by atoms with E-state index in [0.717, 1.165) is 0 Å². The second-order valence-corrected chi connectivity index (χ2v) is 6.42. The minimum atomic E-state index is 0.496. The van der Waals surface area contributed by atoms with Gasteiger partial charge in [0, 0.05) is 6.04 Å². The van der Waals surface area contributed by atoms with Crippen LogP contribution in [0, 0.1) is 5.92 Å². The molecule has 0 aliphatic rings. The smallest absolute Gasteiger partial charge is 0.0343 e. The summed E-state index contributed by atoms with van der Waals surface area (Å²) in [6.45, 7) is 4.67. The van der Waals surface area contributed by atoms with Crippen LogP contribution in [0.1, 0.15) is 83.2 Å². The molecule has 21 heavy (non-hydrogen) atoms. The fourth-order valence-corrected chi connectivity index (χ4v) is 3.21. The quantitative estimate of drug-likeness (QED) is 0.457. The van der Waals surface area contributed by atoms with Gasteiger partial charge in [-0.15, -0.1) is 0 Å². The largest absolute Gasteiger partial charge is 0.313 e. The maximum atomic E-state index is 3.49. The highest BCUT2D eigenvalue weighted by Gasteiger charge is 2.16. The lowest BCUT2D eigenvalue weighted by molar-refractivity contribution is 0.371. The first-order valence-electron chi connectivity index (χ1n) is 9.01. The van der Waals surface area contributed by atoms with Crippen molar-refractivity contribution < 1.29 is 0 Å². The fourth-order valence-electron chi connectivity index (χ4n) is 3.21. The zero-order valence-corrected chi connectivity index (χ0v) is 14.4. The van der Waals surface area contributed by atoms with Gasteiger partial charge in [0.1, 0.15) is 0 Å². The highest BCUT2D eigenvalue weighted by atomic mass is 14.9. The lowest BCUT2D eigenvalue weighted by Gasteiger charge is -2.24. The Morgan fingerprint density at radius 3 is 2.00 bits per heavy atom. The Kier molecular flexibility index (Phi) is 10.2. The Balaban J connectivity index is 2.16. The van der Waals surface area contributed by atoms with Gasteiger partial charge in [0.2, 0.25) is 0 Å². The molecule has 0 bridgehead atoms. The van der Waals surface area contributed by atoms with E-state index in [1.807, 2.05) is 0 Å². The van der Waals surface area contributed by atoms with Gasteiger partial charge in [0.05, 0.1) is 0 Å². The average molecular weight is 290 g/mol. The number of hydrogen-bond acceptors (Lipinski definition) is 1. The van der Waals surface area contributed by atoms with E-state index in [9.17, 15) is 0 Å². The van der Waals surface area contributed by atoms with Crippen LogP contribution in [0.25, 0.3) is 0 Å². The molecule has 1 aromatic rings. The molecule has 2 unspecified atom stereocenters. The van der Waals surface area contributed by atoms with Gasteiger partial charge < -0.3 is 5.32 Å². The summed E-state index contributed by atoms with van der Waals surface area (Å²) in [5.74, 6) is 0.706. The van der Waals surface area contributed by atoms with Gasteiger partial charge in [-0.3, -0.25) is 0 Å². The van der Waals surface area contributed by atoms with Crippen LogP contribution in [0.5, 0.6) is 0 Å². The molecule has 0 saturated heterocycles. The molecule has 0 aliphatic carbocycles. The lowest BCUT2D eigenvalue weighted by atomic mass is 9.90. The van der Waals surface area contributed by atoms with Crippen molar-refractivity contribution in [3.8, 4) is 0 Å². The summed E-state index contributed by atoms with van der Waals surface area (Å²) in [6.07, 6.45) is 12.6. The molecule has 120 valence electrons. The Morgan fingerprint density at radius 1 is 0.857 bits per heavy atom. The van der Waals surface area contributed by atoms with Crippen LogP contribution in [0.4, 0.5) is 0 Å². The van der Waals surface area contributed by atoms with Crippen molar-refractivity contribution >= 4 is 0 Å². The summed E-state index contributed by atoms with van der Waals surface area (Å²) in [6, 6.07) is 11.4. The van der Waals surface area contributed by atoms with Crippen LogP contribution in [0.3, 0.4) is 0 Å². The minimum Gasteiger partial charge on any atom is -0.313 e. The van der Waals surface area contributed by atoms with E-state index in [1.54, 1.807) is 0 Å². The Morgan fingerprint density at radius 2 is 1.43 bits per heavy atom. The molecule has 0 radical (unpaired) electrons. The summed E-state index contributed by atoms with van der Waals surface area (Å²) >= 11 is 0. The van der Waals surface area contributed by atoms with Crippen molar-refractivity contribution in [1.82, 2.24) is 5.32 Å². The molecule has 0 fully saturated rings. The Labute approximate surface area is 132 Å². The summed E-state index contributed by atoms with van der Waals surface area (Å²) in [5, 5.41) is 3.49. The second kappa shape index (κ2) is 11.8. The summed E-state index contributed by atoms with van der Waals surface area (Å²) < 4.78 is 0. The molecule has 1 nitrogen and oxygen atoms in total. The minimum absolute atomic E-state index is 0.496. The maximum absolute atomic E-state index is 3.49. The van der Waals surface area contributed by atoms with E-state index in [1.165, 1.54) is 63.4 Å². The van der Waals surface area contributed by atoms with Crippen LogP contribution in [-0.4, -0.2) is 7.05 Å². The van der Waals surface area contributed by atoms with Crippen molar-refractivity contribution in [3.05, 3.63) is 35.9 Å². The monoisotopic (exact) mass is 289 g/mol. The van der Waals surface area contributed by atoms with Crippen LogP contribution in [0.15, 0.2) is 30.3 Å². The van der Waals surface area contributed by atoms with Gasteiger partial charge in [-0.1, -0.05) is 95.5 Å². The Bertz CT molecular complexity index is 333. The van der Waals surface area contributed by atoms with Crippen LogP contribution >= 0.6 is 0 Å². The molecular formula is C20H35N. The molecule has 0 spiro atoms. The summed E-state index contributed by atoms with van der Waals surface area (Å²) in [5.41, 5.74) is 1.42. The number of rotatable bonds is 12. The van der Waals surface area contributed by atoms with E-state index in [-0.39, 0.29) is 0 Å². The predicted molar refractivity (Wildman–Crippen MR) is 94.6 cm³/mol. The number of benzene rings is 1.